The second kappa shape index (κ2) is 6.06. The van der Waals surface area contributed by atoms with Crippen molar-refractivity contribution >= 4 is 28.6 Å². The van der Waals surface area contributed by atoms with Crippen molar-refractivity contribution < 1.29 is 9.53 Å². The molecule has 0 unspecified atom stereocenters. The molecule has 0 amide bonds. The van der Waals surface area contributed by atoms with Crippen LogP contribution in [-0.2, 0) is 16.0 Å². The van der Waals surface area contributed by atoms with Crippen LogP contribution in [0, 0.1) is 6.92 Å². The van der Waals surface area contributed by atoms with Gasteiger partial charge in [0.25, 0.3) is 0 Å². The number of hydrogen-bond acceptors (Lipinski definition) is 4. The summed E-state index contributed by atoms with van der Waals surface area (Å²) in [5, 5.41) is 2.04. The van der Waals surface area contributed by atoms with E-state index < -0.39 is 0 Å². The van der Waals surface area contributed by atoms with Gasteiger partial charge in [-0.05, 0) is 42.7 Å². The van der Waals surface area contributed by atoms with E-state index in [-0.39, 0.29) is 5.97 Å². The maximum Gasteiger partial charge on any atom is 0.316 e. The Morgan fingerprint density at radius 1 is 1.37 bits per heavy atom. The molecular weight excluding hydrogens is 258 g/mol. The highest BCUT2D eigenvalue weighted by molar-refractivity contribution is 7.99. The third kappa shape index (κ3) is 3.26. The van der Waals surface area contributed by atoms with Crippen molar-refractivity contribution in [3.8, 4) is 0 Å². The van der Waals surface area contributed by atoms with Crippen LogP contribution in [0.15, 0.2) is 29.3 Å². The molecule has 2 rings (SSSR count). The molecule has 0 bridgehead atoms. The Morgan fingerprint density at radius 2 is 2.16 bits per heavy atom. The zero-order chi connectivity index (χ0) is 13.8. The summed E-state index contributed by atoms with van der Waals surface area (Å²) in [4.78, 5) is 15.8. The van der Waals surface area contributed by atoms with Crippen LogP contribution in [0.5, 0.6) is 0 Å². The molecule has 19 heavy (non-hydrogen) atoms. The maximum absolute atomic E-state index is 11.2. The van der Waals surface area contributed by atoms with Crippen LogP contribution in [0.4, 0.5) is 0 Å². The number of carbonyl (C=O) groups excluding carboxylic acids is 1. The second-order valence-corrected chi connectivity index (χ2v) is 5.32. The van der Waals surface area contributed by atoms with E-state index in [0.717, 1.165) is 27.9 Å². The molecule has 0 N–H and O–H groups in total. The molecule has 0 saturated carbocycles. The maximum atomic E-state index is 11.2. The lowest BCUT2D eigenvalue weighted by Gasteiger charge is -2.07. The van der Waals surface area contributed by atoms with Gasteiger partial charge < -0.3 is 4.74 Å². The fourth-order valence-corrected chi connectivity index (χ4v) is 2.69. The van der Waals surface area contributed by atoms with Crippen LogP contribution in [0.3, 0.4) is 0 Å². The molecule has 0 aliphatic rings. The molecule has 100 valence electrons. The van der Waals surface area contributed by atoms with E-state index in [1.807, 2.05) is 13.0 Å². The summed E-state index contributed by atoms with van der Waals surface area (Å²) < 4.78 is 4.64. The van der Waals surface area contributed by atoms with Gasteiger partial charge in [0.05, 0.1) is 18.4 Å². The molecule has 1 aromatic carbocycles. The number of nitrogens with zero attached hydrogens (tertiary/aromatic N) is 1. The molecule has 0 fully saturated rings. The number of ether oxygens (including phenoxy) is 1. The minimum atomic E-state index is -0.229. The van der Waals surface area contributed by atoms with Crippen LogP contribution in [0.2, 0.25) is 0 Å². The second-order valence-electron chi connectivity index (χ2n) is 4.36. The first-order valence-corrected chi connectivity index (χ1v) is 7.22. The molecule has 3 nitrogen and oxygen atoms in total. The van der Waals surface area contributed by atoms with Gasteiger partial charge in [-0.15, -0.1) is 0 Å². The molecular formula is C15H17NO2S. The Labute approximate surface area is 117 Å². The number of fused-ring (bicyclic) bond motifs is 1. The normalized spacial score (nSPS) is 10.7. The van der Waals surface area contributed by atoms with Gasteiger partial charge in [0.15, 0.2) is 0 Å². The number of hydrogen-bond donors (Lipinski definition) is 0. The number of esters is 1. The Kier molecular flexibility index (Phi) is 4.43. The van der Waals surface area contributed by atoms with E-state index in [9.17, 15) is 4.79 Å². The van der Waals surface area contributed by atoms with E-state index in [4.69, 9.17) is 0 Å². The first kappa shape index (κ1) is 13.9. The molecule has 0 aliphatic heterocycles. The zero-order valence-corrected chi connectivity index (χ0v) is 12.2. The average molecular weight is 275 g/mol. The van der Waals surface area contributed by atoms with Crippen LogP contribution in [0.25, 0.3) is 10.9 Å². The molecule has 0 saturated heterocycles. The van der Waals surface area contributed by atoms with E-state index in [0.29, 0.717) is 5.75 Å². The number of methoxy groups -OCH3 is 1. The number of benzene rings is 1. The fraction of sp³-hybridized carbons (Fsp3) is 0.333. The Hall–Kier alpha value is -1.55. The lowest BCUT2D eigenvalue weighted by atomic mass is 10.1. The smallest absolute Gasteiger partial charge is 0.316 e. The summed E-state index contributed by atoms with van der Waals surface area (Å²) >= 11 is 1.42. The first-order chi connectivity index (χ1) is 9.13. The summed E-state index contributed by atoms with van der Waals surface area (Å²) in [6, 6.07) is 8.43. The van der Waals surface area contributed by atoms with Crippen molar-refractivity contribution in [2.24, 2.45) is 0 Å². The SMILES string of the molecule is CCc1ccc2nc(SCC(=O)OC)c(C)cc2c1. The summed E-state index contributed by atoms with van der Waals surface area (Å²) in [6.07, 6.45) is 1.02. The van der Waals surface area contributed by atoms with Gasteiger partial charge in [0.2, 0.25) is 0 Å². The monoisotopic (exact) mass is 275 g/mol. The van der Waals surface area contributed by atoms with Crippen molar-refractivity contribution in [2.45, 2.75) is 25.3 Å². The van der Waals surface area contributed by atoms with Crippen molar-refractivity contribution in [1.29, 1.82) is 0 Å². The van der Waals surface area contributed by atoms with Crippen LogP contribution in [0.1, 0.15) is 18.1 Å². The van der Waals surface area contributed by atoms with Crippen LogP contribution < -0.4 is 0 Å². The molecule has 4 heteroatoms. The molecule has 0 radical (unpaired) electrons. The number of aryl methyl sites for hydroxylation is 2. The van der Waals surface area contributed by atoms with Crippen molar-refractivity contribution in [3.05, 3.63) is 35.4 Å². The number of aromatic nitrogens is 1. The Bertz CT molecular complexity index is 610. The van der Waals surface area contributed by atoms with Crippen LogP contribution in [-0.4, -0.2) is 23.8 Å². The highest BCUT2D eigenvalue weighted by Gasteiger charge is 2.08. The number of carbonyl (C=O) groups is 1. The first-order valence-electron chi connectivity index (χ1n) is 6.24. The highest BCUT2D eigenvalue weighted by Crippen LogP contribution is 2.25. The van der Waals surface area contributed by atoms with E-state index in [1.165, 1.54) is 24.4 Å². The Morgan fingerprint density at radius 3 is 2.84 bits per heavy atom. The quantitative estimate of drug-likeness (QED) is 0.633. The largest absolute Gasteiger partial charge is 0.468 e. The van der Waals surface area contributed by atoms with Gasteiger partial charge in [-0.2, -0.15) is 0 Å². The van der Waals surface area contributed by atoms with Gasteiger partial charge in [-0.25, -0.2) is 4.98 Å². The van der Waals surface area contributed by atoms with Crippen molar-refractivity contribution in [3.63, 3.8) is 0 Å². The third-order valence-electron chi connectivity index (χ3n) is 2.99. The van der Waals surface area contributed by atoms with Crippen molar-refractivity contribution in [1.82, 2.24) is 4.98 Å². The van der Waals surface area contributed by atoms with Gasteiger partial charge in [0.1, 0.15) is 5.03 Å². The van der Waals surface area contributed by atoms with E-state index >= 15 is 0 Å². The highest BCUT2D eigenvalue weighted by atomic mass is 32.2. The topological polar surface area (TPSA) is 39.2 Å². The van der Waals surface area contributed by atoms with Gasteiger partial charge in [-0.3, -0.25) is 4.79 Å². The molecule has 0 spiro atoms. The Balaban J connectivity index is 2.31. The summed E-state index contributed by atoms with van der Waals surface area (Å²) in [6.45, 7) is 4.16. The molecule has 1 aromatic heterocycles. The zero-order valence-electron chi connectivity index (χ0n) is 11.4. The minimum Gasteiger partial charge on any atom is -0.468 e. The summed E-state index contributed by atoms with van der Waals surface area (Å²) in [5.74, 6) is 0.0655. The number of pyridine rings is 1. The predicted octanol–water partition coefficient (Wildman–Crippen LogP) is 3.37. The number of rotatable bonds is 4. The molecule has 1 heterocycles. The average Bonchev–Trinajstić information content (AvgIpc) is 2.44. The number of thioether (sulfide) groups is 1. The van der Waals surface area contributed by atoms with Gasteiger partial charge in [0, 0.05) is 5.39 Å². The molecule has 2 aromatic rings. The lowest BCUT2D eigenvalue weighted by Crippen LogP contribution is -2.03. The van der Waals surface area contributed by atoms with Crippen molar-refractivity contribution in [2.75, 3.05) is 12.9 Å². The molecule has 0 aliphatic carbocycles. The van der Waals surface area contributed by atoms with Gasteiger partial charge >= 0.3 is 5.97 Å². The lowest BCUT2D eigenvalue weighted by molar-refractivity contribution is -0.137. The summed E-state index contributed by atoms with van der Waals surface area (Å²) in [7, 11) is 1.40. The van der Waals surface area contributed by atoms with Crippen LogP contribution >= 0.6 is 11.8 Å². The summed E-state index contributed by atoms with van der Waals surface area (Å²) in [5.41, 5.74) is 3.37. The van der Waals surface area contributed by atoms with E-state index in [2.05, 4.69) is 34.8 Å². The predicted molar refractivity (Wildman–Crippen MR) is 78.6 cm³/mol. The minimum absolute atomic E-state index is 0.229. The van der Waals surface area contributed by atoms with E-state index in [1.54, 1.807) is 0 Å². The third-order valence-corrected chi connectivity index (χ3v) is 4.05. The molecule has 0 atom stereocenters. The fourth-order valence-electron chi connectivity index (χ4n) is 1.87. The van der Waals surface area contributed by atoms with Gasteiger partial charge in [-0.1, -0.05) is 24.8 Å². The standard InChI is InChI=1S/C15H17NO2S/c1-4-11-5-6-13-12(8-11)7-10(2)15(16-13)19-9-14(17)18-3/h5-8H,4,9H2,1-3H3.